The first kappa shape index (κ1) is 15.7. The van der Waals surface area contributed by atoms with Crippen molar-refractivity contribution in [3.8, 4) is 0 Å². The van der Waals surface area contributed by atoms with E-state index in [4.69, 9.17) is 0 Å². The Morgan fingerprint density at radius 3 is 2.37 bits per heavy atom. The van der Waals surface area contributed by atoms with E-state index in [2.05, 4.69) is 34.4 Å². The van der Waals surface area contributed by atoms with Crippen molar-refractivity contribution in [1.82, 2.24) is 9.97 Å². The largest absolute Gasteiger partial charge is 0.388 e. The molecule has 0 amide bonds. The molecule has 0 aliphatic heterocycles. The summed E-state index contributed by atoms with van der Waals surface area (Å²) in [5.41, 5.74) is 0.244. The van der Waals surface area contributed by atoms with Gasteiger partial charge in [-0.2, -0.15) is 0 Å². The molecule has 1 aromatic heterocycles. The Bertz CT molecular complexity index is 404. The highest BCUT2D eigenvalue weighted by molar-refractivity contribution is 5.56. The van der Waals surface area contributed by atoms with E-state index < -0.39 is 5.60 Å². The Hall–Kier alpha value is -1.36. The third-order valence-electron chi connectivity index (χ3n) is 2.91. The van der Waals surface area contributed by atoms with E-state index >= 15 is 0 Å². The molecule has 0 fully saturated rings. The van der Waals surface area contributed by atoms with Gasteiger partial charge >= 0.3 is 0 Å². The van der Waals surface area contributed by atoms with Crippen LogP contribution in [0.25, 0.3) is 0 Å². The molecule has 1 rings (SSSR count). The first-order chi connectivity index (χ1) is 8.85. The topological polar surface area (TPSA) is 70.1 Å². The molecular formula is C14H26N4O. The van der Waals surface area contributed by atoms with Crippen molar-refractivity contribution < 1.29 is 5.11 Å². The van der Waals surface area contributed by atoms with Crippen LogP contribution < -0.4 is 10.6 Å². The Balaban J connectivity index is 2.70. The van der Waals surface area contributed by atoms with Crippen LogP contribution in [-0.2, 0) is 0 Å². The molecule has 0 radical (unpaired) electrons. The SMILES string of the molecule is CCNc1ncnc(NCC(C)(O)CC(C)C)c1C. The molecule has 0 aromatic carbocycles. The van der Waals surface area contributed by atoms with Crippen molar-refractivity contribution in [2.75, 3.05) is 23.7 Å². The van der Waals surface area contributed by atoms with E-state index in [1.165, 1.54) is 6.33 Å². The zero-order valence-electron chi connectivity index (χ0n) is 12.6. The number of nitrogens with zero attached hydrogens (tertiary/aromatic N) is 2. The Morgan fingerprint density at radius 1 is 1.26 bits per heavy atom. The lowest BCUT2D eigenvalue weighted by atomic mass is 9.94. The van der Waals surface area contributed by atoms with E-state index in [1.807, 2.05) is 20.8 Å². The molecule has 108 valence electrons. The standard InChI is InChI=1S/C14H26N4O/c1-6-15-12-11(4)13(18-9-17-12)16-8-14(5,19)7-10(2)3/h9-10,19H,6-8H2,1-5H3,(H2,15,16,17,18). The van der Waals surface area contributed by atoms with Gasteiger partial charge in [-0.1, -0.05) is 13.8 Å². The molecule has 0 saturated carbocycles. The fourth-order valence-electron chi connectivity index (χ4n) is 2.20. The summed E-state index contributed by atoms with van der Waals surface area (Å²) >= 11 is 0. The highest BCUT2D eigenvalue weighted by atomic mass is 16.3. The summed E-state index contributed by atoms with van der Waals surface area (Å²) in [6.45, 7) is 11.4. The number of aromatic nitrogens is 2. The molecule has 0 saturated heterocycles. The average Bonchev–Trinajstić information content (AvgIpc) is 2.29. The molecular weight excluding hydrogens is 240 g/mol. The molecule has 1 unspecified atom stereocenters. The van der Waals surface area contributed by atoms with Crippen LogP contribution in [0.4, 0.5) is 11.6 Å². The third kappa shape index (κ3) is 5.03. The molecule has 1 heterocycles. The van der Waals surface area contributed by atoms with Gasteiger partial charge < -0.3 is 15.7 Å². The Labute approximate surface area is 115 Å². The smallest absolute Gasteiger partial charge is 0.134 e. The van der Waals surface area contributed by atoms with Crippen LogP contribution in [0.5, 0.6) is 0 Å². The number of nitrogens with one attached hydrogen (secondary N) is 2. The molecule has 0 aliphatic carbocycles. The van der Waals surface area contributed by atoms with Crippen molar-refractivity contribution in [2.24, 2.45) is 5.92 Å². The highest BCUT2D eigenvalue weighted by Gasteiger charge is 2.22. The van der Waals surface area contributed by atoms with Crippen LogP contribution >= 0.6 is 0 Å². The summed E-state index contributed by atoms with van der Waals surface area (Å²) in [5, 5.41) is 16.7. The second-order valence-electron chi connectivity index (χ2n) is 5.67. The first-order valence-corrected chi connectivity index (χ1v) is 6.87. The van der Waals surface area contributed by atoms with Gasteiger partial charge in [0.25, 0.3) is 0 Å². The normalized spacial score (nSPS) is 14.3. The van der Waals surface area contributed by atoms with E-state index in [1.54, 1.807) is 0 Å². The Morgan fingerprint density at radius 2 is 1.84 bits per heavy atom. The zero-order valence-corrected chi connectivity index (χ0v) is 12.6. The average molecular weight is 266 g/mol. The van der Waals surface area contributed by atoms with Gasteiger partial charge in [0.15, 0.2) is 0 Å². The lowest BCUT2D eigenvalue weighted by Gasteiger charge is -2.26. The summed E-state index contributed by atoms with van der Waals surface area (Å²) < 4.78 is 0. The Kier molecular flexibility index (Phi) is 5.54. The van der Waals surface area contributed by atoms with E-state index in [9.17, 15) is 5.11 Å². The van der Waals surface area contributed by atoms with Gasteiger partial charge in [-0.3, -0.25) is 0 Å². The molecule has 19 heavy (non-hydrogen) atoms. The minimum Gasteiger partial charge on any atom is -0.388 e. The predicted molar refractivity (Wildman–Crippen MR) is 79.5 cm³/mol. The van der Waals surface area contributed by atoms with Gasteiger partial charge in [0, 0.05) is 18.7 Å². The van der Waals surface area contributed by atoms with Gasteiger partial charge in [0.05, 0.1) is 5.60 Å². The third-order valence-corrected chi connectivity index (χ3v) is 2.91. The van der Waals surface area contributed by atoms with Crippen molar-refractivity contribution in [1.29, 1.82) is 0 Å². The summed E-state index contributed by atoms with van der Waals surface area (Å²) in [6, 6.07) is 0. The van der Waals surface area contributed by atoms with Gasteiger partial charge in [-0.15, -0.1) is 0 Å². The maximum atomic E-state index is 10.3. The van der Waals surface area contributed by atoms with Crippen molar-refractivity contribution in [2.45, 2.75) is 46.6 Å². The van der Waals surface area contributed by atoms with Crippen LogP contribution in [0, 0.1) is 12.8 Å². The van der Waals surface area contributed by atoms with Gasteiger partial charge in [-0.05, 0) is 33.1 Å². The summed E-state index contributed by atoms with van der Waals surface area (Å²) in [5.74, 6) is 2.07. The van der Waals surface area contributed by atoms with Gasteiger partial charge in [0.2, 0.25) is 0 Å². The lowest BCUT2D eigenvalue weighted by Crippen LogP contribution is -2.35. The number of anilines is 2. The highest BCUT2D eigenvalue weighted by Crippen LogP contribution is 2.21. The number of rotatable bonds is 7. The maximum absolute atomic E-state index is 10.3. The monoisotopic (exact) mass is 266 g/mol. The van der Waals surface area contributed by atoms with Gasteiger partial charge in [0.1, 0.15) is 18.0 Å². The molecule has 0 aliphatic rings. The lowest BCUT2D eigenvalue weighted by molar-refractivity contribution is 0.0514. The van der Waals surface area contributed by atoms with Crippen LogP contribution in [-0.4, -0.2) is 33.8 Å². The molecule has 5 nitrogen and oxygen atoms in total. The first-order valence-electron chi connectivity index (χ1n) is 6.87. The van der Waals surface area contributed by atoms with Gasteiger partial charge in [-0.25, -0.2) is 9.97 Å². The molecule has 5 heteroatoms. The molecule has 0 bridgehead atoms. The van der Waals surface area contributed by atoms with E-state index in [0.29, 0.717) is 12.5 Å². The second-order valence-corrected chi connectivity index (χ2v) is 5.67. The van der Waals surface area contributed by atoms with Crippen LogP contribution in [0.15, 0.2) is 6.33 Å². The number of aliphatic hydroxyl groups is 1. The van der Waals surface area contributed by atoms with Crippen LogP contribution in [0.3, 0.4) is 0 Å². The second kappa shape index (κ2) is 6.70. The van der Waals surface area contributed by atoms with Crippen LogP contribution in [0.2, 0.25) is 0 Å². The predicted octanol–water partition coefficient (Wildman–Crippen LogP) is 2.43. The summed E-state index contributed by atoms with van der Waals surface area (Å²) in [7, 11) is 0. The zero-order chi connectivity index (χ0) is 14.5. The van der Waals surface area contributed by atoms with Crippen molar-refractivity contribution >= 4 is 11.6 Å². The molecule has 3 N–H and O–H groups in total. The molecule has 0 spiro atoms. The fraction of sp³-hybridized carbons (Fsp3) is 0.714. The van der Waals surface area contributed by atoms with Crippen LogP contribution in [0.1, 0.15) is 39.7 Å². The quantitative estimate of drug-likeness (QED) is 0.707. The fourth-order valence-corrected chi connectivity index (χ4v) is 2.20. The molecule has 1 atom stereocenters. The minimum atomic E-state index is -0.732. The van der Waals surface area contributed by atoms with Crippen molar-refractivity contribution in [3.63, 3.8) is 0 Å². The van der Waals surface area contributed by atoms with Crippen molar-refractivity contribution in [3.05, 3.63) is 11.9 Å². The summed E-state index contributed by atoms with van der Waals surface area (Å²) in [4.78, 5) is 8.43. The minimum absolute atomic E-state index is 0.459. The summed E-state index contributed by atoms with van der Waals surface area (Å²) in [6.07, 6.45) is 2.29. The van der Waals surface area contributed by atoms with E-state index in [0.717, 1.165) is 30.2 Å². The van der Waals surface area contributed by atoms with E-state index in [-0.39, 0.29) is 0 Å². The molecule has 1 aromatic rings. The maximum Gasteiger partial charge on any atom is 0.134 e. The number of hydrogen-bond acceptors (Lipinski definition) is 5. The number of hydrogen-bond donors (Lipinski definition) is 3.